The Labute approximate surface area is 68.1 Å². The van der Waals surface area contributed by atoms with E-state index in [9.17, 15) is 4.79 Å². The average Bonchev–Trinajstić information content (AvgIpc) is 2.03. The van der Waals surface area contributed by atoms with Crippen molar-refractivity contribution in [1.82, 2.24) is 10.2 Å². The van der Waals surface area contributed by atoms with Gasteiger partial charge in [-0.15, -0.1) is 0 Å². The van der Waals surface area contributed by atoms with E-state index >= 15 is 0 Å². The lowest BCUT2D eigenvalue weighted by Gasteiger charge is -2.17. The second-order valence-corrected chi connectivity index (χ2v) is 2.12. The van der Waals surface area contributed by atoms with Gasteiger partial charge in [0.05, 0.1) is 0 Å². The highest BCUT2D eigenvalue weighted by Gasteiger charge is 2.04. The molecule has 0 unspecified atom stereocenters. The normalized spacial score (nSPS) is 10.1. The smallest absolute Gasteiger partial charge is 0.321 e. The predicted molar refractivity (Wildman–Crippen MR) is 46.3 cm³/mol. The number of amides is 2. The van der Waals surface area contributed by atoms with Crippen LogP contribution in [0.3, 0.4) is 0 Å². The van der Waals surface area contributed by atoms with Gasteiger partial charge in [-0.3, -0.25) is 0 Å². The molecule has 0 heterocycles. The molecule has 0 bridgehead atoms. The zero-order chi connectivity index (χ0) is 8.69. The molecule has 2 amide bonds. The van der Waals surface area contributed by atoms with E-state index in [1.165, 1.54) is 0 Å². The molecule has 0 aromatic carbocycles. The molecule has 0 aromatic heterocycles. The number of hydrogen-bond acceptors (Lipinski definition) is 1. The zero-order valence-corrected chi connectivity index (χ0v) is 7.42. The van der Waals surface area contributed by atoms with E-state index in [2.05, 4.69) is 5.32 Å². The van der Waals surface area contributed by atoms with Crippen LogP contribution in [0.4, 0.5) is 4.79 Å². The molecule has 0 atom stereocenters. The van der Waals surface area contributed by atoms with Crippen molar-refractivity contribution in [3.05, 3.63) is 12.3 Å². The van der Waals surface area contributed by atoms with Gasteiger partial charge in [-0.05, 0) is 20.8 Å². The lowest BCUT2D eigenvalue weighted by molar-refractivity contribution is 0.207. The van der Waals surface area contributed by atoms with Gasteiger partial charge >= 0.3 is 6.03 Å². The second-order valence-electron chi connectivity index (χ2n) is 2.12. The molecule has 0 aliphatic rings. The first kappa shape index (κ1) is 10.0. The van der Waals surface area contributed by atoms with Gasteiger partial charge in [-0.25, -0.2) is 4.79 Å². The summed E-state index contributed by atoms with van der Waals surface area (Å²) in [4.78, 5) is 12.8. The Hall–Kier alpha value is -0.990. The van der Waals surface area contributed by atoms with Crippen LogP contribution >= 0.6 is 0 Å². The van der Waals surface area contributed by atoms with Gasteiger partial charge in [-0.2, -0.15) is 0 Å². The first-order valence-electron chi connectivity index (χ1n) is 3.92. The van der Waals surface area contributed by atoms with E-state index in [4.69, 9.17) is 0 Å². The number of carbonyl (C=O) groups is 1. The van der Waals surface area contributed by atoms with Crippen LogP contribution in [0.15, 0.2) is 12.3 Å². The van der Waals surface area contributed by atoms with E-state index in [1.807, 2.05) is 20.8 Å². The minimum Gasteiger partial charge on any atom is -0.325 e. The fourth-order valence-electron chi connectivity index (χ4n) is 0.757. The fourth-order valence-corrected chi connectivity index (χ4v) is 0.757. The molecule has 3 nitrogen and oxygen atoms in total. The van der Waals surface area contributed by atoms with Crippen LogP contribution in [0, 0.1) is 0 Å². The van der Waals surface area contributed by atoms with Crippen molar-refractivity contribution in [3.8, 4) is 0 Å². The Balaban J connectivity index is 3.79. The molecular weight excluding hydrogens is 140 g/mol. The van der Waals surface area contributed by atoms with Crippen LogP contribution < -0.4 is 5.32 Å². The summed E-state index contributed by atoms with van der Waals surface area (Å²) < 4.78 is 0. The van der Waals surface area contributed by atoms with E-state index in [1.54, 1.807) is 17.2 Å². The van der Waals surface area contributed by atoms with E-state index in [0.29, 0.717) is 0 Å². The summed E-state index contributed by atoms with van der Waals surface area (Å²) in [6.45, 7) is 7.28. The molecule has 1 N–H and O–H groups in total. The van der Waals surface area contributed by atoms with Gasteiger partial charge in [0.1, 0.15) is 0 Å². The number of allylic oxidation sites excluding steroid dienone is 1. The molecule has 0 fully saturated rings. The maximum atomic E-state index is 11.1. The third kappa shape index (κ3) is 3.65. The van der Waals surface area contributed by atoms with Crippen molar-refractivity contribution in [2.45, 2.75) is 20.8 Å². The van der Waals surface area contributed by atoms with Crippen molar-refractivity contribution >= 4 is 6.03 Å². The van der Waals surface area contributed by atoms with Crippen LogP contribution in [-0.2, 0) is 0 Å². The molecule has 0 spiro atoms. The van der Waals surface area contributed by atoms with Crippen LogP contribution in [0.5, 0.6) is 0 Å². The predicted octanol–water partition coefficient (Wildman–Crippen LogP) is 1.57. The second kappa shape index (κ2) is 5.77. The van der Waals surface area contributed by atoms with Gasteiger partial charge in [0, 0.05) is 19.3 Å². The van der Waals surface area contributed by atoms with E-state index in [0.717, 1.165) is 13.1 Å². The molecule has 3 heteroatoms. The number of hydrogen-bond donors (Lipinski definition) is 1. The Bertz CT molecular complexity index is 139. The third-order valence-corrected chi connectivity index (χ3v) is 1.42. The SMILES string of the molecule is CC=CNC(=O)N(CC)CC. The van der Waals surface area contributed by atoms with Crippen LogP contribution in [-0.4, -0.2) is 24.0 Å². The van der Waals surface area contributed by atoms with Gasteiger partial charge in [0.25, 0.3) is 0 Å². The lowest BCUT2D eigenvalue weighted by atomic mass is 10.5. The van der Waals surface area contributed by atoms with Crippen molar-refractivity contribution < 1.29 is 4.79 Å². The number of rotatable bonds is 3. The highest BCUT2D eigenvalue weighted by molar-refractivity contribution is 5.75. The molecule has 0 rings (SSSR count). The summed E-state index contributed by atoms with van der Waals surface area (Å²) >= 11 is 0. The molecular formula is C8H16N2O. The van der Waals surface area contributed by atoms with Crippen molar-refractivity contribution in [3.63, 3.8) is 0 Å². The van der Waals surface area contributed by atoms with Crippen molar-refractivity contribution in [2.24, 2.45) is 0 Å². The average molecular weight is 156 g/mol. The Morgan fingerprint density at radius 1 is 1.45 bits per heavy atom. The first-order chi connectivity index (χ1) is 5.26. The number of carbonyl (C=O) groups excluding carboxylic acids is 1. The van der Waals surface area contributed by atoms with Crippen LogP contribution in [0.25, 0.3) is 0 Å². The molecule has 0 saturated heterocycles. The summed E-state index contributed by atoms with van der Waals surface area (Å²) in [5, 5.41) is 2.64. The number of nitrogens with one attached hydrogen (secondary N) is 1. The monoisotopic (exact) mass is 156 g/mol. The molecule has 0 aliphatic carbocycles. The summed E-state index contributed by atoms with van der Waals surface area (Å²) in [7, 11) is 0. The molecule has 0 radical (unpaired) electrons. The molecule has 0 aliphatic heterocycles. The Morgan fingerprint density at radius 3 is 2.36 bits per heavy atom. The van der Waals surface area contributed by atoms with Gasteiger partial charge in [0.2, 0.25) is 0 Å². The standard InChI is InChI=1S/C8H16N2O/c1-4-7-9-8(11)10(5-2)6-3/h4,7H,5-6H2,1-3H3,(H,9,11). The summed E-state index contributed by atoms with van der Waals surface area (Å²) in [6, 6.07) is -0.0342. The number of urea groups is 1. The van der Waals surface area contributed by atoms with E-state index in [-0.39, 0.29) is 6.03 Å². The molecule has 0 saturated carbocycles. The van der Waals surface area contributed by atoms with Gasteiger partial charge in [-0.1, -0.05) is 6.08 Å². The topological polar surface area (TPSA) is 32.3 Å². The third-order valence-electron chi connectivity index (χ3n) is 1.42. The highest BCUT2D eigenvalue weighted by atomic mass is 16.2. The molecule has 64 valence electrons. The van der Waals surface area contributed by atoms with Gasteiger partial charge in [0.15, 0.2) is 0 Å². The maximum absolute atomic E-state index is 11.1. The largest absolute Gasteiger partial charge is 0.325 e. The summed E-state index contributed by atoms with van der Waals surface area (Å²) in [5.41, 5.74) is 0. The summed E-state index contributed by atoms with van der Waals surface area (Å²) in [5.74, 6) is 0. The minimum absolute atomic E-state index is 0.0342. The maximum Gasteiger partial charge on any atom is 0.321 e. The molecule has 11 heavy (non-hydrogen) atoms. The first-order valence-corrected chi connectivity index (χ1v) is 3.92. The quantitative estimate of drug-likeness (QED) is 0.661. The minimum atomic E-state index is -0.0342. The summed E-state index contributed by atoms with van der Waals surface area (Å²) in [6.07, 6.45) is 3.43. The highest BCUT2D eigenvalue weighted by Crippen LogP contribution is 1.87. The zero-order valence-electron chi connectivity index (χ0n) is 7.42. The molecule has 0 aromatic rings. The van der Waals surface area contributed by atoms with Gasteiger partial charge < -0.3 is 10.2 Å². The Kier molecular flexibility index (Phi) is 5.25. The van der Waals surface area contributed by atoms with Crippen LogP contribution in [0.2, 0.25) is 0 Å². The fraction of sp³-hybridized carbons (Fsp3) is 0.625. The Morgan fingerprint density at radius 2 is 2.00 bits per heavy atom. The van der Waals surface area contributed by atoms with Crippen molar-refractivity contribution in [2.75, 3.05) is 13.1 Å². The van der Waals surface area contributed by atoms with E-state index < -0.39 is 0 Å². The van der Waals surface area contributed by atoms with Crippen molar-refractivity contribution in [1.29, 1.82) is 0 Å². The van der Waals surface area contributed by atoms with Crippen LogP contribution in [0.1, 0.15) is 20.8 Å². The lowest BCUT2D eigenvalue weighted by Crippen LogP contribution is -2.37. The number of nitrogens with zero attached hydrogens (tertiary/aromatic N) is 1.